The van der Waals surface area contributed by atoms with E-state index >= 15 is 0 Å². The maximum atomic E-state index is 12.2. The lowest BCUT2D eigenvalue weighted by Gasteiger charge is -2.15. The second-order valence-corrected chi connectivity index (χ2v) is 5.04. The van der Waals surface area contributed by atoms with Crippen LogP contribution in [0.4, 0.5) is 5.95 Å². The molecule has 2 aromatic heterocycles. The van der Waals surface area contributed by atoms with Gasteiger partial charge in [-0.05, 0) is 18.9 Å². The van der Waals surface area contributed by atoms with Crippen molar-refractivity contribution in [2.45, 2.75) is 19.4 Å². The highest BCUT2D eigenvalue weighted by molar-refractivity contribution is 6.17. The molecular weight excluding hydrogens is 264 g/mol. The Morgan fingerprint density at radius 3 is 2.84 bits per heavy atom. The molecule has 19 heavy (non-hydrogen) atoms. The van der Waals surface area contributed by atoms with E-state index < -0.39 is 0 Å². The standard InChI is InChI=1S/C13H15ClN4O/c14-4-8-17-7-3-11-10(12(17)19)9-15-13(16-11)18-5-1-2-6-18/h3,7,9H,1-2,4-6,8H2. The first kappa shape index (κ1) is 12.4. The molecule has 3 rings (SSSR count). The fraction of sp³-hybridized carbons (Fsp3) is 0.462. The lowest BCUT2D eigenvalue weighted by molar-refractivity contribution is 0.739. The summed E-state index contributed by atoms with van der Waals surface area (Å²) in [5, 5.41) is 0.551. The molecule has 6 heteroatoms. The van der Waals surface area contributed by atoms with E-state index in [1.54, 1.807) is 17.0 Å². The van der Waals surface area contributed by atoms with Crippen molar-refractivity contribution in [3.63, 3.8) is 0 Å². The van der Waals surface area contributed by atoms with E-state index in [9.17, 15) is 4.79 Å². The van der Waals surface area contributed by atoms with Crippen LogP contribution in [0.1, 0.15) is 12.8 Å². The van der Waals surface area contributed by atoms with Gasteiger partial charge in [-0.25, -0.2) is 9.97 Å². The Labute approximate surface area is 115 Å². The highest BCUT2D eigenvalue weighted by atomic mass is 35.5. The number of pyridine rings is 1. The van der Waals surface area contributed by atoms with Gasteiger partial charge < -0.3 is 9.47 Å². The molecule has 0 aromatic carbocycles. The normalized spacial score (nSPS) is 15.3. The zero-order valence-corrected chi connectivity index (χ0v) is 11.3. The minimum Gasteiger partial charge on any atom is -0.341 e. The summed E-state index contributed by atoms with van der Waals surface area (Å²) in [5.41, 5.74) is 0.624. The predicted molar refractivity (Wildman–Crippen MR) is 76.0 cm³/mol. The first-order valence-electron chi connectivity index (χ1n) is 6.47. The molecule has 0 spiro atoms. The van der Waals surface area contributed by atoms with E-state index in [-0.39, 0.29) is 5.56 Å². The second kappa shape index (κ2) is 5.17. The van der Waals surface area contributed by atoms with Gasteiger partial charge in [0.1, 0.15) is 0 Å². The van der Waals surface area contributed by atoms with E-state index in [0.29, 0.717) is 23.3 Å². The number of rotatable bonds is 3. The second-order valence-electron chi connectivity index (χ2n) is 4.67. The van der Waals surface area contributed by atoms with Crippen LogP contribution < -0.4 is 10.5 Å². The van der Waals surface area contributed by atoms with E-state index in [0.717, 1.165) is 19.0 Å². The Morgan fingerprint density at radius 1 is 1.32 bits per heavy atom. The molecule has 5 nitrogen and oxygen atoms in total. The third kappa shape index (κ3) is 2.30. The van der Waals surface area contributed by atoms with Crippen molar-refractivity contribution in [2.24, 2.45) is 0 Å². The number of anilines is 1. The van der Waals surface area contributed by atoms with E-state index in [4.69, 9.17) is 11.6 Å². The first-order valence-corrected chi connectivity index (χ1v) is 7.00. The Hall–Kier alpha value is -1.62. The lowest BCUT2D eigenvalue weighted by atomic mass is 10.3. The SMILES string of the molecule is O=c1c2cnc(N3CCCC3)nc2ccn1CCCl. The summed E-state index contributed by atoms with van der Waals surface area (Å²) < 4.78 is 1.59. The van der Waals surface area contributed by atoms with Crippen molar-refractivity contribution in [1.82, 2.24) is 14.5 Å². The maximum Gasteiger partial charge on any atom is 0.261 e. The van der Waals surface area contributed by atoms with E-state index in [1.807, 2.05) is 6.07 Å². The molecular formula is C13H15ClN4O. The highest BCUT2D eigenvalue weighted by Crippen LogP contribution is 2.17. The van der Waals surface area contributed by atoms with Crippen molar-refractivity contribution >= 4 is 28.5 Å². The highest BCUT2D eigenvalue weighted by Gasteiger charge is 2.15. The molecule has 100 valence electrons. The molecule has 0 unspecified atom stereocenters. The van der Waals surface area contributed by atoms with Crippen molar-refractivity contribution < 1.29 is 0 Å². The monoisotopic (exact) mass is 278 g/mol. The third-order valence-electron chi connectivity index (χ3n) is 3.42. The molecule has 1 fully saturated rings. The zero-order chi connectivity index (χ0) is 13.2. The van der Waals surface area contributed by atoms with Gasteiger partial charge in [0.2, 0.25) is 5.95 Å². The molecule has 0 saturated carbocycles. The van der Waals surface area contributed by atoms with Crippen LogP contribution >= 0.6 is 11.6 Å². The minimum absolute atomic E-state index is 0.0777. The van der Waals surface area contributed by atoms with Gasteiger partial charge in [-0.3, -0.25) is 4.79 Å². The number of aromatic nitrogens is 3. The molecule has 0 radical (unpaired) electrons. The Kier molecular flexibility index (Phi) is 3.38. The molecule has 0 atom stereocenters. The molecule has 2 aromatic rings. The summed E-state index contributed by atoms with van der Waals surface area (Å²) in [6.45, 7) is 2.49. The van der Waals surface area contributed by atoms with Crippen LogP contribution in [0.15, 0.2) is 23.3 Å². The smallest absolute Gasteiger partial charge is 0.261 e. The third-order valence-corrected chi connectivity index (χ3v) is 3.59. The summed E-state index contributed by atoms with van der Waals surface area (Å²) in [5.74, 6) is 1.14. The molecule has 0 amide bonds. The Bertz CT molecular complexity index is 649. The molecule has 0 N–H and O–H groups in total. The van der Waals surface area contributed by atoms with Crippen LogP contribution in [0.25, 0.3) is 10.9 Å². The largest absolute Gasteiger partial charge is 0.341 e. The summed E-state index contributed by atoms with van der Waals surface area (Å²) in [7, 11) is 0. The van der Waals surface area contributed by atoms with Crippen molar-refractivity contribution in [3.8, 4) is 0 Å². The summed E-state index contributed by atoms with van der Waals surface area (Å²) in [6, 6.07) is 1.85. The zero-order valence-electron chi connectivity index (χ0n) is 10.5. The van der Waals surface area contributed by atoms with Gasteiger partial charge in [0.05, 0.1) is 10.9 Å². The number of nitrogens with zero attached hydrogens (tertiary/aromatic N) is 4. The van der Waals surface area contributed by atoms with Gasteiger partial charge in [-0.15, -0.1) is 11.6 Å². The van der Waals surface area contributed by atoms with Gasteiger partial charge in [0.15, 0.2) is 0 Å². The molecule has 1 saturated heterocycles. The van der Waals surface area contributed by atoms with Crippen LogP contribution in [-0.4, -0.2) is 33.5 Å². The van der Waals surface area contributed by atoms with Gasteiger partial charge >= 0.3 is 0 Å². The molecule has 1 aliphatic rings. The number of alkyl halides is 1. The molecule has 1 aliphatic heterocycles. The van der Waals surface area contributed by atoms with Crippen LogP contribution in [0.3, 0.4) is 0 Å². The average Bonchev–Trinajstić information content (AvgIpc) is 2.96. The summed E-state index contributed by atoms with van der Waals surface area (Å²) in [4.78, 5) is 23.1. The number of aryl methyl sites for hydroxylation is 1. The van der Waals surface area contributed by atoms with Gasteiger partial charge in [-0.2, -0.15) is 0 Å². The van der Waals surface area contributed by atoms with Crippen LogP contribution in [-0.2, 0) is 6.54 Å². The summed E-state index contributed by atoms with van der Waals surface area (Å²) in [6.07, 6.45) is 5.73. The van der Waals surface area contributed by atoms with Gasteiger partial charge in [0, 0.05) is 37.9 Å². The fourth-order valence-electron chi connectivity index (χ4n) is 2.40. The summed E-state index contributed by atoms with van der Waals surface area (Å²) >= 11 is 5.67. The van der Waals surface area contributed by atoms with E-state index in [1.165, 1.54) is 12.8 Å². The minimum atomic E-state index is -0.0777. The average molecular weight is 279 g/mol. The van der Waals surface area contributed by atoms with Gasteiger partial charge in [0.25, 0.3) is 5.56 Å². The number of halogens is 1. The molecule has 3 heterocycles. The Balaban J connectivity index is 2.05. The van der Waals surface area contributed by atoms with Crippen molar-refractivity contribution in [1.29, 1.82) is 0 Å². The van der Waals surface area contributed by atoms with Crippen molar-refractivity contribution in [3.05, 3.63) is 28.8 Å². The number of hydrogen-bond acceptors (Lipinski definition) is 4. The maximum absolute atomic E-state index is 12.2. The lowest BCUT2D eigenvalue weighted by Crippen LogP contribution is -2.23. The van der Waals surface area contributed by atoms with Crippen molar-refractivity contribution in [2.75, 3.05) is 23.9 Å². The molecule has 0 aliphatic carbocycles. The van der Waals surface area contributed by atoms with Gasteiger partial charge in [-0.1, -0.05) is 0 Å². The van der Waals surface area contributed by atoms with Crippen LogP contribution in [0, 0.1) is 0 Å². The number of fused-ring (bicyclic) bond motifs is 1. The van der Waals surface area contributed by atoms with E-state index in [2.05, 4.69) is 14.9 Å². The quantitative estimate of drug-likeness (QED) is 0.801. The fourth-order valence-corrected chi connectivity index (χ4v) is 2.58. The molecule has 0 bridgehead atoms. The Morgan fingerprint density at radius 2 is 2.11 bits per heavy atom. The number of hydrogen-bond donors (Lipinski definition) is 0. The first-order chi connectivity index (χ1) is 9.29. The van der Waals surface area contributed by atoms with Crippen LogP contribution in [0.2, 0.25) is 0 Å². The predicted octanol–water partition coefficient (Wildman–Crippen LogP) is 1.63. The van der Waals surface area contributed by atoms with Crippen LogP contribution in [0.5, 0.6) is 0 Å². The topological polar surface area (TPSA) is 51.0 Å².